The van der Waals surface area contributed by atoms with Gasteiger partial charge in [0, 0.05) is 36.2 Å². The SMILES string of the molecule is CCC1C2CCN(C)C1C1c3ccccc3NC1C2CO. The van der Waals surface area contributed by atoms with Crippen LogP contribution < -0.4 is 5.32 Å². The fraction of sp³-hybridized carbons (Fsp3) is 0.667. The monoisotopic (exact) mass is 286 g/mol. The van der Waals surface area contributed by atoms with Gasteiger partial charge >= 0.3 is 0 Å². The largest absolute Gasteiger partial charge is 0.396 e. The average molecular weight is 286 g/mol. The number of para-hydroxylation sites is 1. The van der Waals surface area contributed by atoms with Gasteiger partial charge in [0.15, 0.2) is 0 Å². The van der Waals surface area contributed by atoms with Crippen LogP contribution in [0.2, 0.25) is 0 Å². The van der Waals surface area contributed by atoms with E-state index in [1.165, 1.54) is 30.6 Å². The molecule has 114 valence electrons. The van der Waals surface area contributed by atoms with Crippen LogP contribution in [0.25, 0.3) is 0 Å². The number of likely N-dealkylation sites (N-methyl/N-ethyl adjacent to an activating group) is 1. The zero-order valence-corrected chi connectivity index (χ0v) is 13.0. The highest BCUT2D eigenvalue weighted by Gasteiger charge is 2.55. The first kappa shape index (κ1) is 13.6. The van der Waals surface area contributed by atoms with E-state index in [2.05, 4.69) is 48.5 Å². The van der Waals surface area contributed by atoms with Crippen molar-refractivity contribution in [3.05, 3.63) is 29.8 Å². The first-order chi connectivity index (χ1) is 10.3. The van der Waals surface area contributed by atoms with Crippen molar-refractivity contribution in [2.75, 3.05) is 25.5 Å². The minimum atomic E-state index is 0.319. The molecular weight excluding hydrogens is 260 g/mol. The molecule has 3 nitrogen and oxygen atoms in total. The summed E-state index contributed by atoms with van der Waals surface area (Å²) in [4.78, 5) is 2.58. The summed E-state index contributed by atoms with van der Waals surface area (Å²) in [7, 11) is 2.29. The van der Waals surface area contributed by atoms with Crippen LogP contribution in [0.1, 0.15) is 31.2 Å². The van der Waals surface area contributed by atoms with E-state index in [-0.39, 0.29) is 0 Å². The maximum Gasteiger partial charge on any atom is 0.0481 e. The topological polar surface area (TPSA) is 35.5 Å². The number of hydrogen-bond acceptors (Lipinski definition) is 3. The Hall–Kier alpha value is -1.06. The van der Waals surface area contributed by atoms with Crippen molar-refractivity contribution in [2.45, 2.75) is 37.8 Å². The number of anilines is 1. The lowest BCUT2D eigenvalue weighted by Crippen LogP contribution is -2.61. The van der Waals surface area contributed by atoms with Gasteiger partial charge < -0.3 is 15.3 Å². The summed E-state index contributed by atoms with van der Waals surface area (Å²) in [5.41, 5.74) is 2.76. The molecule has 1 aliphatic carbocycles. The van der Waals surface area contributed by atoms with Gasteiger partial charge in [-0.25, -0.2) is 0 Å². The van der Waals surface area contributed by atoms with Gasteiger partial charge in [0.2, 0.25) is 0 Å². The molecule has 0 amide bonds. The maximum absolute atomic E-state index is 10.1. The molecule has 2 bridgehead atoms. The van der Waals surface area contributed by atoms with Crippen LogP contribution in [0.3, 0.4) is 0 Å². The lowest BCUT2D eigenvalue weighted by Gasteiger charge is -2.56. The molecule has 0 radical (unpaired) electrons. The molecular formula is C18H26N2O. The van der Waals surface area contributed by atoms with Crippen LogP contribution >= 0.6 is 0 Å². The summed E-state index contributed by atoms with van der Waals surface area (Å²) >= 11 is 0. The Morgan fingerprint density at radius 1 is 1.29 bits per heavy atom. The Morgan fingerprint density at radius 3 is 2.86 bits per heavy atom. The molecule has 1 aromatic rings. The molecule has 2 fully saturated rings. The van der Waals surface area contributed by atoms with Gasteiger partial charge in [-0.05, 0) is 43.5 Å². The highest BCUT2D eigenvalue weighted by molar-refractivity contribution is 5.60. The lowest BCUT2D eigenvalue weighted by atomic mass is 9.58. The molecule has 1 saturated carbocycles. The van der Waals surface area contributed by atoms with Gasteiger partial charge in [0.25, 0.3) is 0 Å². The summed E-state index contributed by atoms with van der Waals surface area (Å²) < 4.78 is 0. The highest BCUT2D eigenvalue weighted by Crippen LogP contribution is 2.54. The Morgan fingerprint density at radius 2 is 2.10 bits per heavy atom. The highest BCUT2D eigenvalue weighted by atomic mass is 16.3. The molecule has 6 unspecified atom stereocenters. The fourth-order valence-corrected chi connectivity index (χ4v) is 5.58. The molecule has 2 aliphatic heterocycles. The second-order valence-electron chi connectivity index (χ2n) is 7.13. The van der Waals surface area contributed by atoms with E-state index >= 15 is 0 Å². The standard InChI is InChI=1S/C18H26N2O/c1-3-11-12-8-9-20(2)18(11)16-13-6-4-5-7-15(13)19-17(16)14(12)10-21/h4-7,11-12,14,16-19,21H,3,8-10H2,1-2H3. The molecule has 1 aromatic carbocycles. The number of likely N-dealkylation sites (tertiary alicyclic amines) is 1. The summed E-state index contributed by atoms with van der Waals surface area (Å²) in [5, 5.41) is 13.8. The average Bonchev–Trinajstić information content (AvgIpc) is 2.88. The summed E-state index contributed by atoms with van der Waals surface area (Å²) in [6.45, 7) is 3.82. The predicted octanol–water partition coefficient (Wildman–Crippen LogP) is 2.53. The van der Waals surface area contributed by atoms with Gasteiger partial charge in [-0.3, -0.25) is 0 Å². The third-order valence-corrected chi connectivity index (χ3v) is 6.40. The molecule has 0 aromatic heterocycles. The van der Waals surface area contributed by atoms with Gasteiger partial charge in [-0.15, -0.1) is 0 Å². The molecule has 6 atom stereocenters. The van der Waals surface area contributed by atoms with Crippen molar-refractivity contribution in [3.8, 4) is 0 Å². The smallest absolute Gasteiger partial charge is 0.0481 e. The number of benzene rings is 1. The van der Waals surface area contributed by atoms with Crippen LogP contribution in [0.5, 0.6) is 0 Å². The lowest BCUT2D eigenvalue weighted by molar-refractivity contribution is -0.0433. The van der Waals surface area contributed by atoms with Gasteiger partial charge in [-0.2, -0.15) is 0 Å². The number of rotatable bonds is 2. The summed E-state index contributed by atoms with van der Waals surface area (Å²) in [6, 6.07) is 9.80. The van der Waals surface area contributed by atoms with E-state index in [1.54, 1.807) is 0 Å². The van der Waals surface area contributed by atoms with Crippen LogP contribution in [0, 0.1) is 17.8 Å². The molecule has 2 N–H and O–H groups in total. The number of nitrogens with one attached hydrogen (secondary N) is 1. The number of hydrogen-bond donors (Lipinski definition) is 2. The molecule has 4 rings (SSSR count). The quantitative estimate of drug-likeness (QED) is 0.877. The summed E-state index contributed by atoms with van der Waals surface area (Å²) in [5.74, 6) is 2.32. The summed E-state index contributed by atoms with van der Waals surface area (Å²) in [6.07, 6.45) is 2.46. The molecule has 3 aliphatic rings. The number of nitrogens with zero attached hydrogens (tertiary/aromatic N) is 1. The van der Waals surface area contributed by atoms with Crippen molar-refractivity contribution in [2.24, 2.45) is 17.8 Å². The van der Waals surface area contributed by atoms with Crippen molar-refractivity contribution in [1.29, 1.82) is 0 Å². The fourth-order valence-electron chi connectivity index (χ4n) is 5.58. The van der Waals surface area contributed by atoms with Crippen molar-refractivity contribution >= 4 is 5.69 Å². The molecule has 1 saturated heterocycles. The second-order valence-corrected chi connectivity index (χ2v) is 7.13. The Bertz CT molecular complexity index is 526. The number of fused-ring (bicyclic) bond motifs is 6. The Labute approximate surface area is 127 Å². The number of aliphatic hydroxyl groups excluding tert-OH is 1. The van der Waals surface area contributed by atoms with Gasteiger partial charge in [-0.1, -0.05) is 31.5 Å². The molecule has 0 spiro atoms. The van der Waals surface area contributed by atoms with E-state index in [0.717, 1.165) is 5.92 Å². The van der Waals surface area contributed by atoms with Crippen molar-refractivity contribution in [1.82, 2.24) is 4.90 Å². The van der Waals surface area contributed by atoms with E-state index in [1.807, 2.05) is 0 Å². The zero-order valence-electron chi connectivity index (χ0n) is 13.0. The molecule has 3 heteroatoms. The van der Waals surface area contributed by atoms with Crippen molar-refractivity contribution in [3.63, 3.8) is 0 Å². The minimum absolute atomic E-state index is 0.319. The maximum atomic E-state index is 10.1. The number of aliphatic hydroxyl groups is 1. The second kappa shape index (κ2) is 4.99. The number of piperidine rings is 1. The molecule has 21 heavy (non-hydrogen) atoms. The third kappa shape index (κ3) is 1.80. The molecule has 2 heterocycles. The normalized spacial score (nSPS) is 41.3. The van der Waals surface area contributed by atoms with E-state index in [4.69, 9.17) is 0 Å². The van der Waals surface area contributed by atoms with Gasteiger partial charge in [0.05, 0.1) is 0 Å². The van der Waals surface area contributed by atoms with E-state index < -0.39 is 0 Å². The van der Waals surface area contributed by atoms with Crippen LogP contribution in [-0.4, -0.2) is 42.3 Å². The zero-order chi connectivity index (χ0) is 14.6. The Kier molecular flexibility index (Phi) is 3.23. The van der Waals surface area contributed by atoms with Crippen LogP contribution in [0.4, 0.5) is 5.69 Å². The first-order valence-corrected chi connectivity index (χ1v) is 8.42. The van der Waals surface area contributed by atoms with Crippen molar-refractivity contribution < 1.29 is 5.11 Å². The first-order valence-electron chi connectivity index (χ1n) is 8.42. The van der Waals surface area contributed by atoms with Crippen LogP contribution in [-0.2, 0) is 0 Å². The minimum Gasteiger partial charge on any atom is -0.396 e. The predicted molar refractivity (Wildman–Crippen MR) is 85.5 cm³/mol. The van der Waals surface area contributed by atoms with E-state index in [9.17, 15) is 5.11 Å². The van der Waals surface area contributed by atoms with Crippen LogP contribution in [0.15, 0.2) is 24.3 Å². The van der Waals surface area contributed by atoms with Gasteiger partial charge in [0.1, 0.15) is 0 Å². The third-order valence-electron chi connectivity index (χ3n) is 6.40. The van der Waals surface area contributed by atoms with E-state index in [0.29, 0.717) is 36.4 Å². The Balaban J connectivity index is 1.82.